The molecule has 108 valence electrons. The number of alkyl halides is 1. The molecule has 2 atom stereocenters. The van der Waals surface area contributed by atoms with Crippen molar-refractivity contribution in [1.29, 1.82) is 0 Å². The summed E-state index contributed by atoms with van der Waals surface area (Å²) in [6.45, 7) is 4.35. The number of hydrogen-bond donors (Lipinski definition) is 0. The number of imidazole rings is 1. The summed E-state index contributed by atoms with van der Waals surface area (Å²) in [5.41, 5.74) is 2.30. The molecule has 0 saturated heterocycles. The van der Waals surface area contributed by atoms with Gasteiger partial charge in [-0.2, -0.15) is 0 Å². The Bertz CT molecular complexity index is 614. The maximum Gasteiger partial charge on any atom is 0.127 e. The smallest absolute Gasteiger partial charge is 0.127 e. The normalized spacial score (nSPS) is 19.6. The Labute approximate surface area is 139 Å². The van der Waals surface area contributed by atoms with Crippen molar-refractivity contribution in [1.82, 2.24) is 9.55 Å². The fraction of sp³-hybridized carbons (Fsp3) is 0.562. The topological polar surface area (TPSA) is 17.8 Å². The van der Waals surface area contributed by atoms with Gasteiger partial charge in [-0.05, 0) is 73.4 Å². The highest BCUT2D eigenvalue weighted by Gasteiger charge is 2.27. The predicted molar refractivity (Wildman–Crippen MR) is 93.4 cm³/mol. The van der Waals surface area contributed by atoms with Crippen LogP contribution >= 0.6 is 34.2 Å². The van der Waals surface area contributed by atoms with Gasteiger partial charge in [-0.25, -0.2) is 4.98 Å². The third kappa shape index (κ3) is 2.59. The van der Waals surface area contributed by atoms with Crippen LogP contribution in [0.15, 0.2) is 18.2 Å². The second kappa shape index (κ2) is 5.84. The molecule has 1 aromatic heterocycles. The molecule has 0 radical (unpaired) electrons. The summed E-state index contributed by atoms with van der Waals surface area (Å²) >= 11 is 8.72. The van der Waals surface area contributed by atoms with E-state index in [0.29, 0.717) is 6.04 Å². The van der Waals surface area contributed by atoms with Gasteiger partial charge in [0.25, 0.3) is 0 Å². The highest BCUT2D eigenvalue weighted by molar-refractivity contribution is 14.1. The summed E-state index contributed by atoms with van der Waals surface area (Å²) in [4.78, 5) is 4.79. The molecule has 4 heteroatoms. The molecule has 0 N–H and O–H groups in total. The first-order valence-electron chi connectivity index (χ1n) is 7.39. The van der Waals surface area contributed by atoms with E-state index in [2.05, 4.69) is 52.3 Å². The third-order valence-corrected chi connectivity index (χ3v) is 5.39. The van der Waals surface area contributed by atoms with Gasteiger partial charge in [0.05, 0.1) is 16.4 Å². The Morgan fingerprint density at radius 2 is 2.00 bits per heavy atom. The van der Waals surface area contributed by atoms with Crippen molar-refractivity contribution in [2.45, 2.75) is 50.9 Å². The van der Waals surface area contributed by atoms with E-state index in [4.69, 9.17) is 16.6 Å². The Balaban J connectivity index is 2.13. The Morgan fingerprint density at radius 1 is 1.30 bits per heavy atom. The minimum atomic E-state index is -0.0519. The average molecular weight is 403 g/mol. The minimum Gasteiger partial charge on any atom is -0.324 e. The molecular weight excluding hydrogens is 383 g/mol. The van der Waals surface area contributed by atoms with Crippen molar-refractivity contribution in [2.75, 3.05) is 0 Å². The van der Waals surface area contributed by atoms with Gasteiger partial charge in [0.1, 0.15) is 5.82 Å². The number of hydrogen-bond acceptors (Lipinski definition) is 1. The maximum atomic E-state index is 6.39. The molecule has 3 rings (SSSR count). The van der Waals surface area contributed by atoms with Crippen LogP contribution in [0.1, 0.15) is 56.8 Å². The summed E-state index contributed by atoms with van der Waals surface area (Å²) in [6, 6.07) is 6.98. The van der Waals surface area contributed by atoms with Crippen LogP contribution in [-0.2, 0) is 0 Å². The summed E-state index contributed by atoms with van der Waals surface area (Å²) in [7, 11) is 0. The molecule has 0 aliphatic heterocycles. The van der Waals surface area contributed by atoms with Gasteiger partial charge < -0.3 is 4.57 Å². The SMILES string of the molecule is CC(Cl)c1nc2cc(I)ccc2n1C(C)C1CCCC1. The van der Waals surface area contributed by atoms with E-state index in [0.717, 1.165) is 17.3 Å². The maximum absolute atomic E-state index is 6.39. The van der Waals surface area contributed by atoms with Crippen molar-refractivity contribution in [3.8, 4) is 0 Å². The quantitative estimate of drug-likeness (QED) is 0.476. The lowest BCUT2D eigenvalue weighted by molar-refractivity contribution is 0.359. The van der Waals surface area contributed by atoms with Crippen LogP contribution in [0.25, 0.3) is 11.0 Å². The molecule has 0 spiro atoms. The zero-order valence-corrected chi connectivity index (χ0v) is 14.9. The van der Waals surface area contributed by atoms with E-state index in [1.54, 1.807) is 0 Å². The lowest BCUT2D eigenvalue weighted by Crippen LogP contribution is -2.17. The van der Waals surface area contributed by atoms with Crippen LogP contribution in [-0.4, -0.2) is 9.55 Å². The van der Waals surface area contributed by atoms with Gasteiger partial charge >= 0.3 is 0 Å². The largest absolute Gasteiger partial charge is 0.324 e. The van der Waals surface area contributed by atoms with Crippen LogP contribution in [0.2, 0.25) is 0 Å². The second-order valence-corrected chi connectivity index (χ2v) is 7.77. The summed E-state index contributed by atoms with van der Waals surface area (Å²) in [5.74, 6) is 1.78. The fourth-order valence-corrected chi connectivity index (χ4v) is 4.08. The molecule has 2 aromatic rings. The molecule has 20 heavy (non-hydrogen) atoms. The average Bonchev–Trinajstić information content (AvgIpc) is 3.04. The molecule has 0 amide bonds. The highest BCUT2D eigenvalue weighted by atomic mass is 127. The molecule has 2 unspecified atom stereocenters. The molecule has 1 heterocycles. The van der Waals surface area contributed by atoms with Crippen LogP contribution in [0, 0.1) is 9.49 Å². The standard InChI is InChI=1S/C16H20ClIN2/c1-10(17)16-19-14-9-13(18)7-8-15(14)20(16)11(2)12-5-3-4-6-12/h7-12H,3-6H2,1-2H3. The van der Waals surface area contributed by atoms with Gasteiger partial charge in [0.15, 0.2) is 0 Å². The Kier molecular flexibility index (Phi) is 4.27. The predicted octanol–water partition coefficient (Wildman–Crippen LogP) is 5.69. The van der Waals surface area contributed by atoms with Gasteiger partial charge in [-0.15, -0.1) is 11.6 Å². The lowest BCUT2D eigenvalue weighted by Gasteiger charge is -2.24. The van der Waals surface area contributed by atoms with E-state index in [-0.39, 0.29) is 5.38 Å². The van der Waals surface area contributed by atoms with E-state index >= 15 is 0 Å². The van der Waals surface area contributed by atoms with Crippen molar-refractivity contribution in [3.63, 3.8) is 0 Å². The highest BCUT2D eigenvalue weighted by Crippen LogP contribution is 2.38. The van der Waals surface area contributed by atoms with Crippen LogP contribution in [0.5, 0.6) is 0 Å². The number of rotatable bonds is 3. The van der Waals surface area contributed by atoms with E-state index in [1.165, 1.54) is 34.8 Å². The summed E-state index contributed by atoms with van der Waals surface area (Å²) in [6.07, 6.45) is 5.40. The van der Waals surface area contributed by atoms with E-state index in [9.17, 15) is 0 Å². The van der Waals surface area contributed by atoms with Crippen LogP contribution in [0.3, 0.4) is 0 Å². The molecule has 1 aromatic carbocycles. The number of halogens is 2. The van der Waals surface area contributed by atoms with Crippen molar-refractivity contribution in [3.05, 3.63) is 27.6 Å². The lowest BCUT2D eigenvalue weighted by atomic mass is 9.99. The molecule has 2 nitrogen and oxygen atoms in total. The molecule has 1 saturated carbocycles. The molecule has 1 aliphatic rings. The van der Waals surface area contributed by atoms with Crippen LogP contribution in [0.4, 0.5) is 0 Å². The van der Waals surface area contributed by atoms with Crippen LogP contribution < -0.4 is 0 Å². The summed E-state index contributed by atoms with van der Waals surface area (Å²) in [5, 5.41) is -0.0519. The number of nitrogens with zero attached hydrogens (tertiary/aromatic N) is 2. The third-order valence-electron chi connectivity index (χ3n) is 4.52. The molecule has 0 bridgehead atoms. The summed E-state index contributed by atoms with van der Waals surface area (Å²) < 4.78 is 3.61. The Morgan fingerprint density at radius 3 is 2.65 bits per heavy atom. The second-order valence-electron chi connectivity index (χ2n) is 5.87. The number of benzene rings is 1. The fourth-order valence-electron chi connectivity index (χ4n) is 3.45. The van der Waals surface area contributed by atoms with Gasteiger partial charge in [-0.1, -0.05) is 12.8 Å². The van der Waals surface area contributed by atoms with Gasteiger partial charge in [-0.3, -0.25) is 0 Å². The zero-order chi connectivity index (χ0) is 14.3. The monoisotopic (exact) mass is 402 g/mol. The van der Waals surface area contributed by atoms with E-state index in [1.807, 2.05) is 6.92 Å². The minimum absolute atomic E-state index is 0.0519. The molecule has 1 fully saturated rings. The van der Waals surface area contributed by atoms with Gasteiger partial charge in [0, 0.05) is 9.61 Å². The number of fused-ring (bicyclic) bond motifs is 1. The van der Waals surface area contributed by atoms with E-state index < -0.39 is 0 Å². The molecule has 1 aliphatic carbocycles. The first-order chi connectivity index (χ1) is 9.58. The van der Waals surface area contributed by atoms with Crippen molar-refractivity contribution >= 4 is 45.2 Å². The molecular formula is C16H20ClIN2. The van der Waals surface area contributed by atoms with Crippen molar-refractivity contribution < 1.29 is 0 Å². The van der Waals surface area contributed by atoms with Gasteiger partial charge in [0.2, 0.25) is 0 Å². The number of aromatic nitrogens is 2. The van der Waals surface area contributed by atoms with Crippen molar-refractivity contribution in [2.24, 2.45) is 5.92 Å². The first-order valence-corrected chi connectivity index (χ1v) is 8.91. The first kappa shape index (κ1) is 14.6. The zero-order valence-electron chi connectivity index (χ0n) is 11.9. The Hall–Kier alpha value is -0.290.